The third kappa shape index (κ3) is 4.00. The molecule has 0 bridgehead atoms. The van der Waals surface area contributed by atoms with Crippen LogP contribution in [0, 0.1) is 0 Å². The van der Waals surface area contributed by atoms with E-state index < -0.39 is 0 Å². The van der Waals surface area contributed by atoms with E-state index >= 15 is 0 Å². The Bertz CT molecular complexity index is 1240. The number of hydrogen-bond donors (Lipinski definition) is 0. The maximum atomic E-state index is 12.7. The molecule has 0 amide bonds. The molecular weight excluding hydrogens is 384 g/mol. The van der Waals surface area contributed by atoms with Gasteiger partial charge in [0.1, 0.15) is 5.75 Å². The van der Waals surface area contributed by atoms with Crippen molar-refractivity contribution in [3.63, 3.8) is 0 Å². The molecular formula is C22H22N4O2S. The van der Waals surface area contributed by atoms with Crippen molar-refractivity contribution in [1.82, 2.24) is 14.6 Å². The molecule has 2 aromatic carbocycles. The number of rotatable bonds is 5. The summed E-state index contributed by atoms with van der Waals surface area (Å²) in [4.78, 5) is 19.9. The Morgan fingerprint density at radius 3 is 2.34 bits per heavy atom. The predicted octanol–water partition coefficient (Wildman–Crippen LogP) is 3.22. The lowest BCUT2D eigenvalue weighted by molar-refractivity contribution is 0.242. The van der Waals surface area contributed by atoms with Crippen molar-refractivity contribution in [3.05, 3.63) is 69.0 Å². The van der Waals surface area contributed by atoms with Crippen LogP contribution in [0.1, 0.15) is 19.4 Å². The topological polar surface area (TPSA) is 59.7 Å². The van der Waals surface area contributed by atoms with Gasteiger partial charge in [0.05, 0.1) is 10.6 Å². The molecule has 0 saturated carbocycles. The van der Waals surface area contributed by atoms with E-state index in [1.54, 1.807) is 0 Å². The number of thiazole rings is 1. The van der Waals surface area contributed by atoms with Crippen LogP contribution in [0.3, 0.4) is 0 Å². The van der Waals surface area contributed by atoms with E-state index in [1.165, 1.54) is 15.9 Å². The van der Waals surface area contributed by atoms with Gasteiger partial charge < -0.3 is 9.64 Å². The van der Waals surface area contributed by atoms with Crippen LogP contribution in [0.25, 0.3) is 22.4 Å². The first kappa shape index (κ1) is 19.1. The number of ether oxygens (including phenoxy) is 1. The molecule has 0 spiro atoms. The Labute approximate surface area is 172 Å². The molecule has 2 heterocycles. The second-order valence-electron chi connectivity index (χ2n) is 7.22. The molecule has 0 aliphatic carbocycles. The normalized spacial score (nSPS) is 12.1. The zero-order chi connectivity index (χ0) is 20.5. The molecule has 0 aliphatic heterocycles. The summed E-state index contributed by atoms with van der Waals surface area (Å²) in [5.41, 5.74) is 2.78. The van der Waals surface area contributed by atoms with Crippen molar-refractivity contribution in [3.8, 4) is 17.1 Å². The second-order valence-corrected chi connectivity index (χ2v) is 8.23. The fourth-order valence-electron chi connectivity index (χ4n) is 2.93. The Morgan fingerprint density at radius 2 is 1.76 bits per heavy atom. The second kappa shape index (κ2) is 7.67. The molecule has 0 unspecified atom stereocenters. The number of benzene rings is 2. The van der Waals surface area contributed by atoms with Gasteiger partial charge in [-0.3, -0.25) is 4.79 Å². The van der Waals surface area contributed by atoms with Gasteiger partial charge in [-0.15, -0.1) is 5.10 Å². The fourth-order valence-corrected chi connectivity index (χ4v) is 3.84. The van der Waals surface area contributed by atoms with Crippen LogP contribution in [-0.4, -0.2) is 34.8 Å². The molecule has 29 heavy (non-hydrogen) atoms. The zero-order valence-corrected chi connectivity index (χ0v) is 17.6. The van der Waals surface area contributed by atoms with Crippen molar-refractivity contribution >= 4 is 28.1 Å². The minimum Gasteiger partial charge on any atom is -0.491 e. The minimum atomic E-state index is -0.153. The molecule has 0 fully saturated rings. The summed E-state index contributed by atoms with van der Waals surface area (Å²) in [5, 5.41) is 4.41. The Hall–Kier alpha value is -3.19. The smallest absolute Gasteiger partial charge is 0.291 e. The Balaban J connectivity index is 1.64. The number of hydrogen-bond acceptors (Lipinski definition) is 6. The van der Waals surface area contributed by atoms with Crippen molar-refractivity contribution in [2.45, 2.75) is 20.0 Å². The van der Waals surface area contributed by atoms with Crippen molar-refractivity contribution < 1.29 is 4.74 Å². The predicted molar refractivity (Wildman–Crippen MR) is 118 cm³/mol. The van der Waals surface area contributed by atoms with Gasteiger partial charge in [-0.05, 0) is 61.9 Å². The van der Waals surface area contributed by atoms with Gasteiger partial charge in [-0.25, -0.2) is 0 Å². The van der Waals surface area contributed by atoms with E-state index in [4.69, 9.17) is 4.74 Å². The lowest BCUT2D eigenvalue weighted by Gasteiger charge is -2.11. The quantitative estimate of drug-likeness (QED) is 0.509. The maximum absolute atomic E-state index is 12.7. The molecule has 0 radical (unpaired) electrons. The molecule has 0 aliphatic rings. The standard InChI is InChI=1S/C22H22N4O2S/c1-14(2)28-18-11-7-16(8-12-18)20-23-22-26(24-20)21(27)19(29-22)13-15-5-9-17(10-6-15)25(3)4/h5-14H,1-4H3/b19-13+. The Morgan fingerprint density at radius 1 is 1.07 bits per heavy atom. The highest BCUT2D eigenvalue weighted by Gasteiger charge is 2.12. The fraction of sp³-hybridized carbons (Fsp3) is 0.227. The third-order valence-corrected chi connectivity index (χ3v) is 5.33. The first-order valence-corrected chi connectivity index (χ1v) is 10.2. The summed E-state index contributed by atoms with van der Waals surface area (Å²) >= 11 is 1.34. The largest absolute Gasteiger partial charge is 0.491 e. The molecule has 0 N–H and O–H groups in total. The summed E-state index contributed by atoms with van der Waals surface area (Å²) in [5.74, 6) is 1.33. The van der Waals surface area contributed by atoms with Crippen LogP contribution in [0.15, 0.2) is 53.3 Å². The van der Waals surface area contributed by atoms with Gasteiger partial charge in [0.25, 0.3) is 5.56 Å². The monoisotopic (exact) mass is 406 g/mol. The van der Waals surface area contributed by atoms with Crippen LogP contribution in [0.4, 0.5) is 5.69 Å². The average Bonchev–Trinajstić information content (AvgIpc) is 3.22. The van der Waals surface area contributed by atoms with E-state index in [0.717, 1.165) is 22.6 Å². The Kier molecular flexibility index (Phi) is 5.07. The van der Waals surface area contributed by atoms with E-state index in [2.05, 4.69) is 10.1 Å². The van der Waals surface area contributed by atoms with Crippen LogP contribution < -0.4 is 19.7 Å². The van der Waals surface area contributed by atoms with Crippen molar-refractivity contribution in [1.29, 1.82) is 0 Å². The zero-order valence-electron chi connectivity index (χ0n) is 16.8. The highest BCUT2D eigenvalue weighted by molar-refractivity contribution is 7.15. The first-order chi connectivity index (χ1) is 13.9. The number of fused-ring (bicyclic) bond motifs is 1. The van der Waals surface area contributed by atoms with Crippen LogP contribution in [0.5, 0.6) is 5.75 Å². The molecule has 148 valence electrons. The van der Waals surface area contributed by atoms with Gasteiger partial charge in [-0.1, -0.05) is 23.5 Å². The van der Waals surface area contributed by atoms with E-state index in [9.17, 15) is 4.79 Å². The van der Waals surface area contributed by atoms with Crippen LogP contribution in [-0.2, 0) is 0 Å². The van der Waals surface area contributed by atoms with Crippen molar-refractivity contribution in [2.24, 2.45) is 0 Å². The number of aromatic nitrogens is 3. The number of nitrogens with zero attached hydrogens (tertiary/aromatic N) is 4. The molecule has 0 atom stereocenters. The molecule has 0 saturated heterocycles. The molecule has 7 heteroatoms. The first-order valence-electron chi connectivity index (χ1n) is 9.36. The molecule has 6 nitrogen and oxygen atoms in total. The van der Waals surface area contributed by atoms with E-state index in [0.29, 0.717) is 15.3 Å². The third-order valence-electron chi connectivity index (χ3n) is 4.37. The molecule has 4 rings (SSSR count). The van der Waals surface area contributed by atoms with Gasteiger partial charge >= 0.3 is 0 Å². The van der Waals surface area contributed by atoms with Crippen LogP contribution in [0.2, 0.25) is 0 Å². The van der Waals surface area contributed by atoms with Gasteiger partial charge in [-0.2, -0.15) is 9.50 Å². The number of anilines is 1. The van der Waals surface area contributed by atoms with Gasteiger partial charge in [0.2, 0.25) is 4.96 Å². The maximum Gasteiger partial charge on any atom is 0.291 e. The van der Waals surface area contributed by atoms with Crippen LogP contribution >= 0.6 is 11.3 Å². The summed E-state index contributed by atoms with van der Waals surface area (Å²) in [7, 11) is 3.99. The summed E-state index contributed by atoms with van der Waals surface area (Å²) in [6.07, 6.45) is 1.99. The van der Waals surface area contributed by atoms with Crippen molar-refractivity contribution in [2.75, 3.05) is 19.0 Å². The van der Waals surface area contributed by atoms with Gasteiger partial charge in [0, 0.05) is 25.3 Å². The molecule has 2 aromatic heterocycles. The van der Waals surface area contributed by atoms with E-state index in [-0.39, 0.29) is 11.7 Å². The lowest BCUT2D eigenvalue weighted by Crippen LogP contribution is -2.23. The van der Waals surface area contributed by atoms with Gasteiger partial charge in [0.15, 0.2) is 5.82 Å². The SMILES string of the molecule is CC(C)Oc1ccc(-c2nc3s/c(=C/c4ccc(N(C)C)cc4)c(=O)n3n2)cc1. The molecule has 4 aromatic rings. The highest BCUT2D eigenvalue weighted by atomic mass is 32.1. The minimum absolute atomic E-state index is 0.119. The summed E-state index contributed by atoms with van der Waals surface area (Å²) < 4.78 is 7.65. The summed E-state index contributed by atoms with van der Waals surface area (Å²) in [6, 6.07) is 15.6. The van der Waals surface area contributed by atoms with E-state index in [1.807, 2.05) is 87.4 Å². The summed E-state index contributed by atoms with van der Waals surface area (Å²) in [6.45, 7) is 3.97. The lowest BCUT2D eigenvalue weighted by atomic mass is 10.2. The average molecular weight is 407 g/mol. The highest BCUT2D eigenvalue weighted by Crippen LogP contribution is 2.21.